The summed E-state index contributed by atoms with van der Waals surface area (Å²) < 4.78 is 5.32. The van der Waals surface area contributed by atoms with E-state index in [1.807, 2.05) is 13.8 Å². The first-order chi connectivity index (χ1) is 10.9. The van der Waals surface area contributed by atoms with E-state index >= 15 is 0 Å². The van der Waals surface area contributed by atoms with Gasteiger partial charge in [-0.15, -0.1) is 0 Å². The smallest absolute Gasteiger partial charge is 0.317 e. The van der Waals surface area contributed by atoms with E-state index in [0.717, 1.165) is 0 Å². The fourth-order valence-corrected chi connectivity index (χ4v) is 3.61. The van der Waals surface area contributed by atoms with E-state index in [9.17, 15) is 14.4 Å². The Bertz CT molecular complexity index is 524. The lowest BCUT2D eigenvalue weighted by molar-refractivity contribution is -0.162. The van der Waals surface area contributed by atoms with Crippen molar-refractivity contribution in [3.8, 4) is 0 Å². The molecule has 3 aliphatic rings. The van der Waals surface area contributed by atoms with Crippen LogP contribution in [0.3, 0.4) is 0 Å². The second-order valence-corrected chi connectivity index (χ2v) is 6.70. The highest BCUT2D eigenvalue weighted by Gasteiger charge is 2.52. The summed E-state index contributed by atoms with van der Waals surface area (Å²) in [5.74, 6) is -0.0886. The van der Waals surface area contributed by atoms with Crippen molar-refractivity contribution < 1.29 is 19.1 Å². The summed E-state index contributed by atoms with van der Waals surface area (Å²) >= 11 is 0. The van der Waals surface area contributed by atoms with Gasteiger partial charge in [0.05, 0.1) is 12.6 Å². The fourth-order valence-electron chi connectivity index (χ4n) is 3.61. The number of nitrogens with one attached hydrogen (secondary N) is 1. The Balaban J connectivity index is 1.74. The Morgan fingerprint density at radius 3 is 2.48 bits per heavy atom. The Morgan fingerprint density at radius 1 is 1.13 bits per heavy atom. The summed E-state index contributed by atoms with van der Waals surface area (Å²) in [4.78, 5) is 42.5. The third-order valence-corrected chi connectivity index (χ3v) is 4.81. The highest BCUT2D eigenvalue weighted by Crippen LogP contribution is 2.30. The first-order valence-electron chi connectivity index (χ1n) is 8.11. The molecular weight excluding hydrogens is 300 g/mol. The van der Waals surface area contributed by atoms with Gasteiger partial charge in [0.15, 0.2) is 0 Å². The van der Waals surface area contributed by atoms with Crippen LogP contribution in [0.25, 0.3) is 0 Å². The second-order valence-electron chi connectivity index (χ2n) is 6.70. The van der Waals surface area contributed by atoms with Gasteiger partial charge in [-0.05, 0) is 13.8 Å². The Kier molecular flexibility index (Phi) is 4.18. The zero-order valence-electron chi connectivity index (χ0n) is 13.8. The molecule has 0 bridgehead atoms. The lowest BCUT2D eigenvalue weighted by Crippen LogP contribution is -2.69. The van der Waals surface area contributed by atoms with Crippen molar-refractivity contribution in [2.24, 2.45) is 0 Å². The summed E-state index contributed by atoms with van der Waals surface area (Å²) in [5.41, 5.74) is 0. The van der Waals surface area contributed by atoms with Crippen molar-refractivity contribution in [2.75, 3.05) is 33.3 Å². The maximum absolute atomic E-state index is 12.8. The van der Waals surface area contributed by atoms with Crippen LogP contribution >= 0.6 is 0 Å². The first-order valence-corrected chi connectivity index (χ1v) is 8.11. The van der Waals surface area contributed by atoms with E-state index in [1.54, 1.807) is 21.8 Å². The molecule has 3 heterocycles. The van der Waals surface area contributed by atoms with Gasteiger partial charge in [-0.2, -0.15) is 0 Å². The second kappa shape index (κ2) is 5.99. The number of piperazine rings is 2. The molecule has 0 radical (unpaired) electrons. The van der Waals surface area contributed by atoms with Gasteiger partial charge in [-0.1, -0.05) is 0 Å². The number of carbonyl (C=O) groups is 3. The molecule has 3 rings (SSSR count). The third-order valence-electron chi connectivity index (χ3n) is 4.81. The van der Waals surface area contributed by atoms with Gasteiger partial charge < -0.3 is 24.8 Å². The molecule has 0 aromatic rings. The minimum atomic E-state index is -0.569. The van der Waals surface area contributed by atoms with Crippen LogP contribution in [0.4, 0.5) is 4.79 Å². The molecule has 0 unspecified atom stereocenters. The largest absolute Gasteiger partial charge is 0.380 e. The van der Waals surface area contributed by atoms with Crippen molar-refractivity contribution in [3.05, 3.63) is 0 Å². The molecule has 3 saturated heterocycles. The number of hydrogen-bond acceptors (Lipinski definition) is 4. The molecule has 1 N–H and O–H groups in total. The number of hydrogen-bond donors (Lipinski definition) is 1. The van der Waals surface area contributed by atoms with Gasteiger partial charge in [0.2, 0.25) is 11.8 Å². The summed E-state index contributed by atoms with van der Waals surface area (Å²) in [6.45, 7) is 5.35. The monoisotopic (exact) mass is 324 g/mol. The van der Waals surface area contributed by atoms with Crippen molar-refractivity contribution in [1.29, 1.82) is 0 Å². The Morgan fingerprint density at radius 2 is 1.83 bits per heavy atom. The average molecular weight is 324 g/mol. The molecule has 3 atom stereocenters. The van der Waals surface area contributed by atoms with Gasteiger partial charge in [-0.3, -0.25) is 9.59 Å². The molecule has 3 fully saturated rings. The molecule has 0 aliphatic carbocycles. The third kappa shape index (κ3) is 2.75. The lowest BCUT2D eigenvalue weighted by Gasteiger charge is -2.47. The van der Waals surface area contributed by atoms with Crippen molar-refractivity contribution in [2.45, 2.75) is 44.5 Å². The lowest BCUT2D eigenvalue weighted by atomic mass is 10.0. The average Bonchev–Trinajstić information content (AvgIpc) is 2.96. The number of methoxy groups -OCH3 is 1. The molecule has 4 amide bonds. The molecule has 0 spiro atoms. The minimum Gasteiger partial charge on any atom is -0.380 e. The molecule has 0 aromatic carbocycles. The molecule has 8 nitrogen and oxygen atoms in total. The van der Waals surface area contributed by atoms with Crippen LogP contribution in [-0.4, -0.2) is 90.1 Å². The number of urea groups is 1. The van der Waals surface area contributed by atoms with Gasteiger partial charge in [0.1, 0.15) is 12.1 Å². The van der Waals surface area contributed by atoms with Crippen LogP contribution in [0, 0.1) is 0 Å². The SMILES string of the molecule is CO[C@@H]1C[C@H]2C(=O)N3CCN(C(=O)NC(C)C)C[C@@H]3C(=O)N2C1. The molecule has 0 saturated carbocycles. The van der Waals surface area contributed by atoms with Crippen LogP contribution in [-0.2, 0) is 14.3 Å². The molecule has 128 valence electrons. The number of ether oxygens (including phenoxy) is 1. The zero-order chi connectivity index (χ0) is 16.7. The normalized spacial score (nSPS) is 30.6. The highest BCUT2D eigenvalue weighted by atomic mass is 16.5. The van der Waals surface area contributed by atoms with Crippen LogP contribution in [0.2, 0.25) is 0 Å². The fraction of sp³-hybridized carbons (Fsp3) is 0.800. The van der Waals surface area contributed by atoms with E-state index in [1.165, 1.54) is 0 Å². The highest BCUT2D eigenvalue weighted by molar-refractivity contribution is 5.98. The number of carbonyl (C=O) groups excluding carboxylic acids is 3. The quantitative estimate of drug-likeness (QED) is 0.724. The Hall–Kier alpha value is -1.83. The van der Waals surface area contributed by atoms with Crippen LogP contribution < -0.4 is 5.32 Å². The zero-order valence-corrected chi connectivity index (χ0v) is 13.8. The number of fused-ring (bicyclic) bond motifs is 2. The maximum Gasteiger partial charge on any atom is 0.317 e. The van der Waals surface area contributed by atoms with Gasteiger partial charge >= 0.3 is 6.03 Å². The number of rotatable bonds is 2. The molecular formula is C15H24N4O4. The molecule has 0 aromatic heterocycles. The number of amides is 4. The van der Waals surface area contributed by atoms with E-state index in [2.05, 4.69) is 5.32 Å². The summed E-state index contributed by atoms with van der Waals surface area (Å²) in [6, 6.07) is -1.12. The van der Waals surface area contributed by atoms with Crippen molar-refractivity contribution in [3.63, 3.8) is 0 Å². The van der Waals surface area contributed by atoms with E-state index < -0.39 is 12.1 Å². The van der Waals surface area contributed by atoms with Crippen LogP contribution in [0.1, 0.15) is 20.3 Å². The molecule has 3 aliphatic heterocycles. The summed E-state index contributed by atoms with van der Waals surface area (Å²) in [5, 5.41) is 2.84. The first kappa shape index (κ1) is 16.0. The Labute approximate surface area is 135 Å². The molecule has 23 heavy (non-hydrogen) atoms. The number of nitrogens with zero attached hydrogens (tertiary/aromatic N) is 3. The van der Waals surface area contributed by atoms with Crippen molar-refractivity contribution in [1.82, 2.24) is 20.0 Å². The van der Waals surface area contributed by atoms with Gasteiger partial charge in [0.25, 0.3) is 0 Å². The van der Waals surface area contributed by atoms with Crippen LogP contribution in [0.15, 0.2) is 0 Å². The predicted octanol–water partition coefficient (Wildman–Crippen LogP) is -0.753. The summed E-state index contributed by atoms with van der Waals surface area (Å²) in [6.07, 6.45) is 0.469. The van der Waals surface area contributed by atoms with Gasteiger partial charge in [-0.25, -0.2) is 4.79 Å². The minimum absolute atomic E-state index is 0.0157. The van der Waals surface area contributed by atoms with E-state index in [-0.39, 0.29) is 36.5 Å². The maximum atomic E-state index is 12.8. The standard InChI is InChI=1S/C15H24N4O4/c1-9(2)16-15(22)17-4-5-18-12(8-17)14(21)19-7-10(23-3)6-11(19)13(18)20/h9-12H,4-8H2,1-3H3,(H,16,22)/t10-,11+,12-/m1/s1. The van der Waals surface area contributed by atoms with Gasteiger partial charge in [0, 0.05) is 39.2 Å². The molecule has 8 heteroatoms. The predicted molar refractivity (Wildman–Crippen MR) is 81.7 cm³/mol. The van der Waals surface area contributed by atoms with E-state index in [4.69, 9.17) is 4.74 Å². The summed E-state index contributed by atoms with van der Waals surface area (Å²) in [7, 11) is 1.60. The van der Waals surface area contributed by atoms with E-state index in [0.29, 0.717) is 26.1 Å². The van der Waals surface area contributed by atoms with Crippen LogP contribution in [0.5, 0.6) is 0 Å². The topological polar surface area (TPSA) is 82.2 Å². The van der Waals surface area contributed by atoms with Crippen molar-refractivity contribution >= 4 is 17.8 Å².